The van der Waals surface area contributed by atoms with Gasteiger partial charge in [0.1, 0.15) is 0 Å². The number of rotatable bonds is 5. The van der Waals surface area contributed by atoms with Crippen LogP contribution in [-0.4, -0.2) is 38.0 Å². The van der Waals surface area contributed by atoms with Crippen molar-refractivity contribution < 1.29 is 19.1 Å². The Balaban J connectivity index is 1.50. The first-order chi connectivity index (χ1) is 10.5. The predicted octanol–water partition coefficient (Wildman–Crippen LogP) is 0.608. The van der Waals surface area contributed by atoms with E-state index in [0.717, 1.165) is 19.3 Å². The molecule has 0 unspecified atom stereocenters. The highest BCUT2D eigenvalue weighted by Gasteiger charge is 2.55. The molecule has 0 radical (unpaired) electrons. The molecule has 2 N–H and O–H groups in total. The molecule has 122 valence electrons. The van der Waals surface area contributed by atoms with E-state index in [0.29, 0.717) is 17.8 Å². The number of amides is 2. The maximum Gasteiger partial charge on any atom is 0.312 e. The van der Waals surface area contributed by atoms with Gasteiger partial charge in [-0.25, -0.2) is 0 Å². The van der Waals surface area contributed by atoms with E-state index in [2.05, 4.69) is 10.6 Å². The van der Waals surface area contributed by atoms with Crippen LogP contribution in [0.25, 0.3) is 0 Å². The molecule has 4 bridgehead atoms. The highest BCUT2D eigenvalue weighted by molar-refractivity contribution is 5.86. The van der Waals surface area contributed by atoms with Gasteiger partial charge in [0.25, 0.3) is 5.91 Å². The van der Waals surface area contributed by atoms with Crippen LogP contribution in [0.4, 0.5) is 0 Å². The molecule has 4 aliphatic rings. The van der Waals surface area contributed by atoms with Crippen molar-refractivity contribution in [2.24, 2.45) is 23.2 Å². The SMILES string of the molecule is CNC(=O)CNC(=O)COC(=O)C12CC3CC(CC(C3)C1)C2. The highest BCUT2D eigenvalue weighted by Crippen LogP contribution is 2.60. The molecule has 4 rings (SSSR count). The third kappa shape index (κ3) is 2.96. The third-order valence-electron chi connectivity index (χ3n) is 5.53. The maximum atomic E-state index is 12.5. The van der Waals surface area contributed by atoms with E-state index in [4.69, 9.17) is 4.74 Å². The molecular weight excluding hydrogens is 284 g/mol. The van der Waals surface area contributed by atoms with Crippen molar-refractivity contribution in [1.82, 2.24) is 10.6 Å². The third-order valence-corrected chi connectivity index (χ3v) is 5.53. The Kier molecular flexibility index (Phi) is 4.10. The molecule has 0 heterocycles. The van der Waals surface area contributed by atoms with E-state index in [1.807, 2.05) is 0 Å². The summed E-state index contributed by atoms with van der Waals surface area (Å²) in [6, 6.07) is 0. The van der Waals surface area contributed by atoms with Crippen molar-refractivity contribution in [2.45, 2.75) is 38.5 Å². The molecule has 4 saturated carbocycles. The molecule has 0 aromatic heterocycles. The topological polar surface area (TPSA) is 84.5 Å². The first kappa shape index (κ1) is 15.3. The van der Waals surface area contributed by atoms with Crippen molar-refractivity contribution in [3.8, 4) is 0 Å². The van der Waals surface area contributed by atoms with E-state index < -0.39 is 5.91 Å². The molecule has 22 heavy (non-hydrogen) atoms. The zero-order valence-electron chi connectivity index (χ0n) is 13.0. The van der Waals surface area contributed by atoms with Crippen molar-refractivity contribution in [3.63, 3.8) is 0 Å². The fourth-order valence-corrected chi connectivity index (χ4v) is 4.96. The number of likely N-dealkylation sites (N-methyl/N-ethyl adjacent to an activating group) is 1. The summed E-state index contributed by atoms with van der Waals surface area (Å²) in [4.78, 5) is 35.2. The minimum atomic E-state index is -0.429. The second-order valence-electron chi connectivity index (χ2n) is 7.22. The van der Waals surface area contributed by atoms with Crippen molar-refractivity contribution in [3.05, 3.63) is 0 Å². The zero-order chi connectivity index (χ0) is 15.7. The molecule has 6 nitrogen and oxygen atoms in total. The summed E-state index contributed by atoms with van der Waals surface area (Å²) in [6.07, 6.45) is 6.57. The van der Waals surface area contributed by atoms with Gasteiger partial charge < -0.3 is 15.4 Å². The van der Waals surface area contributed by atoms with Gasteiger partial charge in [-0.3, -0.25) is 14.4 Å². The van der Waals surface area contributed by atoms with Crippen molar-refractivity contribution in [2.75, 3.05) is 20.2 Å². The Morgan fingerprint density at radius 1 is 1.00 bits per heavy atom. The number of carbonyl (C=O) groups is 3. The van der Waals surface area contributed by atoms with Crippen LogP contribution in [0.5, 0.6) is 0 Å². The van der Waals surface area contributed by atoms with Gasteiger partial charge in [0.2, 0.25) is 5.91 Å². The summed E-state index contributed by atoms with van der Waals surface area (Å²) in [5, 5.41) is 4.85. The van der Waals surface area contributed by atoms with Gasteiger partial charge in [-0.1, -0.05) is 0 Å². The van der Waals surface area contributed by atoms with E-state index in [1.165, 1.54) is 26.3 Å². The molecule has 0 aliphatic heterocycles. The van der Waals surface area contributed by atoms with Gasteiger partial charge in [-0.15, -0.1) is 0 Å². The smallest absolute Gasteiger partial charge is 0.312 e. The molecule has 4 fully saturated rings. The number of ether oxygens (including phenoxy) is 1. The Morgan fingerprint density at radius 2 is 1.55 bits per heavy atom. The summed E-state index contributed by atoms with van der Waals surface area (Å²) >= 11 is 0. The molecule has 4 aliphatic carbocycles. The maximum absolute atomic E-state index is 12.5. The lowest BCUT2D eigenvalue weighted by atomic mass is 9.49. The molecular formula is C16H24N2O4. The van der Waals surface area contributed by atoms with E-state index in [1.54, 1.807) is 0 Å². The minimum Gasteiger partial charge on any atom is -0.455 e. The fourth-order valence-electron chi connectivity index (χ4n) is 4.96. The van der Waals surface area contributed by atoms with Crippen molar-refractivity contribution in [1.29, 1.82) is 0 Å². The largest absolute Gasteiger partial charge is 0.455 e. The quantitative estimate of drug-likeness (QED) is 0.729. The van der Waals surface area contributed by atoms with Gasteiger partial charge in [0, 0.05) is 7.05 Å². The number of esters is 1. The van der Waals surface area contributed by atoms with Crippen LogP contribution >= 0.6 is 0 Å². The molecule has 0 aromatic rings. The lowest BCUT2D eigenvalue weighted by Gasteiger charge is -2.55. The molecule has 0 aromatic carbocycles. The fraction of sp³-hybridized carbons (Fsp3) is 0.812. The highest BCUT2D eigenvalue weighted by atomic mass is 16.5. The van der Waals surface area contributed by atoms with Gasteiger partial charge in [0.15, 0.2) is 6.61 Å². The average molecular weight is 308 g/mol. The van der Waals surface area contributed by atoms with Crippen LogP contribution in [0, 0.1) is 23.2 Å². The molecule has 6 heteroatoms. The normalized spacial score (nSPS) is 35.0. The molecule has 2 amide bonds. The zero-order valence-corrected chi connectivity index (χ0v) is 13.0. The number of hydrogen-bond acceptors (Lipinski definition) is 4. The van der Waals surface area contributed by atoms with Gasteiger partial charge in [0.05, 0.1) is 12.0 Å². The Bertz CT molecular complexity index is 453. The number of carbonyl (C=O) groups excluding carboxylic acids is 3. The second-order valence-corrected chi connectivity index (χ2v) is 7.22. The molecule has 0 spiro atoms. The summed E-state index contributed by atoms with van der Waals surface area (Å²) in [6.45, 7) is -0.387. The Hall–Kier alpha value is -1.59. The molecule has 0 saturated heterocycles. The minimum absolute atomic E-state index is 0.0930. The average Bonchev–Trinajstić information content (AvgIpc) is 2.48. The monoisotopic (exact) mass is 308 g/mol. The van der Waals surface area contributed by atoms with Crippen LogP contribution in [-0.2, 0) is 19.1 Å². The summed E-state index contributed by atoms with van der Waals surface area (Å²) < 4.78 is 5.27. The Morgan fingerprint density at radius 3 is 2.05 bits per heavy atom. The lowest BCUT2D eigenvalue weighted by molar-refractivity contribution is -0.173. The molecule has 0 atom stereocenters. The Labute approximate surface area is 130 Å². The van der Waals surface area contributed by atoms with Crippen LogP contribution in [0.2, 0.25) is 0 Å². The number of hydrogen-bond donors (Lipinski definition) is 2. The summed E-state index contributed by atoms with van der Waals surface area (Å²) in [5.41, 5.74) is -0.337. The van der Waals surface area contributed by atoms with E-state index >= 15 is 0 Å². The first-order valence-electron chi connectivity index (χ1n) is 8.15. The lowest BCUT2D eigenvalue weighted by Crippen LogP contribution is -2.51. The second kappa shape index (κ2) is 5.89. The predicted molar refractivity (Wildman–Crippen MR) is 78.6 cm³/mol. The van der Waals surface area contributed by atoms with Crippen LogP contribution in [0.1, 0.15) is 38.5 Å². The van der Waals surface area contributed by atoms with Crippen molar-refractivity contribution >= 4 is 17.8 Å². The van der Waals surface area contributed by atoms with Crippen LogP contribution in [0.15, 0.2) is 0 Å². The summed E-state index contributed by atoms with van der Waals surface area (Å²) in [5.74, 6) is 1.09. The first-order valence-corrected chi connectivity index (χ1v) is 8.15. The van der Waals surface area contributed by atoms with Gasteiger partial charge in [-0.05, 0) is 56.3 Å². The van der Waals surface area contributed by atoms with E-state index in [-0.39, 0.29) is 30.4 Å². The standard InChI is InChI=1S/C16H24N2O4/c1-17-13(19)8-18-14(20)9-22-15(21)16-5-10-2-11(6-16)4-12(3-10)7-16/h10-12H,2-9H2,1H3,(H,17,19)(H,18,20). The van der Waals surface area contributed by atoms with Crippen LogP contribution < -0.4 is 10.6 Å². The number of nitrogens with one attached hydrogen (secondary N) is 2. The summed E-state index contributed by atoms with van der Waals surface area (Å²) in [7, 11) is 1.50. The van der Waals surface area contributed by atoms with E-state index in [9.17, 15) is 14.4 Å². The van der Waals surface area contributed by atoms with Gasteiger partial charge in [-0.2, -0.15) is 0 Å². The van der Waals surface area contributed by atoms with Gasteiger partial charge >= 0.3 is 5.97 Å². The van der Waals surface area contributed by atoms with Crippen LogP contribution in [0.3, 0.4) is 0 Å².